The van der Waals surface area contributed by atoms with E-state index in [-0.39, 0.29) is 24.2 Å². The van der Waals surface area contributed by atoms with E-state index in [9.17, 15) is 9.59 Å². The Balaban J connectivity index is 1.26. The van der Waals surface area contributed by atoms with E-state index in [1.54, 1.807) is 19.1 Å². The maximum Gasteiger partial charge on any atom is 0.229 e. The summed E-state index contributed by atoms with van der Waals surface area (Å²) >= 11 is 0. The van der Waals surface area contributed by atoms with Crippen molar-refractivity contribution < 1.29 is 23.8 Å². The first kappa shape index (κ1) is 24.0. The molecule has 2 aliphatic heterocycles. The number of likely N-dealkylation sites (tertiary alicyclic amines) is 1. The average molecular weight is 468 g/mol. The molecule has 0 saturated carbocycles. The lowest BCUT2D eigenvalue weighted by Crippen LogP contribution is -2.35. The van der Waals surface area contributed by atoms with Gasteiger partial charge in [0.15, 0.2) is 11.5 Å². The number of nitrogens with zero attached hydrogens (tertiary/aromatic N) is 2. The number of amides is 2. The Morgan fingerprint density at radius 3 is 2.44 bits per heavy atom. The predicted octanol–water partition coefficient (Wildman–Crippen LogP) is 2.57. The molecule has 2 aromatic rings. The Morgan fingerprint density at radius 2 is 1.74 bits per heavy atom. The van der Waals surface area contributed by atoms with Gasteiger partial charge in [-0.2, -0.15) is 0 Å². The summed E-state index contributed by atoms with van der Waals surface area (Å²) in [7, 11) is 3.21. The molecule has 0 aromatic heterocycles. The minimum atomic E-state index is -0.342. The normalized spacial score (nSPS) is 18.7. The molecule has 0 aliphatic carbocycles. The molecule has 1 unspecified atom stereocenters. The Kier molecular flexibility index (Phi) is 8.03. The SMILES string of the molecule is COc1ccc(CCN2CC(C(=O)Nc3ccc(CN4CCOCC4)cc3)CC2=O)cc1OC. The van der Waals surface area contributed by atoms with Crippen molar-refractivity contribution in [1.82, 2.24) is 9.80 Å². The third kappa shape index (κ3) is 6.07. The molecule has 2 amide bonds. The molecule has 2 aromatic carbocycles. The van der Waals surface area contributed by atoms with Gasteiger partial charge in [0, 0.05) is 44.8 Å². The van der Waals surface area contributed by atoms with Crippen LogP contribution in [0.3, 0.4) is 0 Å². The van der Waals surface area contributed by atoms with Gasteiger partial charge in [0.1, 0.15) is 0 Å². The first-order valence-electron chi connectivity index (χ1n) is 11.7. The van der Waals surface area contributed by atoms with Crippen LogP contribution in [0.1, 0.15) is 17.5 Å². The average Bonchev–Trinajstić information content (AvgIpc) is 3.25. The van der Waals surface area contributed by atoms with E-state index in [1.807, 2.05) is 42.5 Å². The maximum atomic E-state index is 12.8. The second-order valence-corrected chi connectivity index (χ2v) is 8.75. The molecule has 0 bridgehead atoms. The van der Waals surface area contributed by atoms with Gasteiger partial charge in [0.25, 0.3) is 0 Å². The van der Waals surface area contributed by atoms with Crippen molar-refractivity contribution in [2.45, 2.75) is 19.4 Å². The van der Waals surface area contributed by atoms with Crippen molar-refractivity contribution in [2.24, 2.45) is 5.92 Å². The molecule has 0 spiro atoms. The van der Waals surface area contributed by atoms with Crippen molar-refractivity contribution >= 4 is 17.5 Å². The van der Waals surface area contributed by atoms with Crippen LogP contribution in [0.5, 0.6) is 11.5 Å². The highest BCUT2D eigenvalue weighted by atomic mass is 16.5. The van der Waals surface area contributed by atoms with Gasteiger partial charge in [0.05, 0.1) is 33.4 Å². The van der Waals surface area contributed by atoms with Gasteiger partial charge < -0.3 is 24.4 Å². The number of hydrogen-bond donors (Lipinski definition) is 1. The monoisotopic (exact) mass is 467 g/mol. The summed E-state index contributed by atoms with van der Waals surface area (Å²) in [5, 5.41) is 2.98. The summed E-state index contributed by atoms with van der Waals surface area (Å²) in [6.45, 7) is 5.32. The van der Waals surface area contributed by atoms with Gasteiger partial charge in [0.2, 0.25) is 11.8 Å². The fraction of sp³-hybridized carbons (Fsp3) is 0.462. The van der Waals surface area contributed by atoms with E-state index in [0.29, 0.717) is 31.0 Å². The van der Waals surface area contributed by atoms with Crippen molar-refractivity contribution in [2.75, 3.05) is 58.9 Å². The van der Waals surface area contributed by atoms with Gasteiger partial charge >= 0.3 is 0 Å². The lowest BCUT2D eigenvalue weighted by atomic mass is 10.1. The van der Waals surface area contributed by atoms with Gasteiger partial charge in [-0.3, -0.25) is 14.5 Å². The number of nitrogens with one attached hydrogen (secondary N) is 1. The summed E-state index contributed by atoms with van der Waals surface area (Å²) in [6.07, 6.45) is 0.928. The van der Waals surface area contributed by atoms with E-state index in [1.165, 1.54) is 5.56 Å². The minimum absolute atomic E-state index is 0.0153. The maximum absolute atomic E-state index is 12.8. The Morgan fingerprint density at radius 1 is 1.03 bits per heavy atom. The first-order chi connectivity index (χ1) is 16.6. The van der Waals surface area contributed by atoms with Gasteiger partial charge in [-0.05, 0) is 41.8 Å². The molecule has 1 N–H and O–H groups in total. The third-order valence-corrected chi connectivity index (χ3v) is 6.43. The minimum Gasteiger partial charge on any atom is -0.493 e. The zero-order chi connectivity index (χ0) is 23.9. The van der Waals surface area contributed by atoms with Crippen LogP contribution < -0.4 is 14.8 Å². The number of anilines is 1. The molecule has 1 atom stereocenters. The number of carbonyl (C=O) groups is 2. The van der Waals surface area contributed by atoms with E-state index in [4.69, 9.17) is 14.2 Å². The highest BCUT2D eigenvalue weighted by molar-refractivity contribution is 5.97. The zero-order valence-electron chi connectivity index (χ0n) is 19.9. The van der Waals surface area contributed by atoms with Crippen molar-refractivity contribution in [1.29, 1.82) is 0 Å². The second-order valence-electron chi connectivity index (χ2n) is 8.75. The van der Waals surface area contributed by atoms with Gasteiger partial charge in [-0.25, -0.2) is 0 Å². The van der Waals surface area contributed by atoms with Crippen molar-refractivity contribution in [3.8, 4) is 11.5 Å². The number of rotatable bonds is 9. The molecular weight excluding hydrogens is 434 g/mol. The van der Waals surface area contributed by atoms with E-state index in [0.717, 1.165) is 44.1 Å². The molecular formula is C26H33N3O5. The lowest BCUT2D eigenvalue weighted by Gasteiger charge is -2.26. The largest absolute Gasteiger partial charge is 0.493 e. The van der Waals surface area contributed by atoms with Gasteiger partial charge in [-0.1, -0.05) is 18.2 Å². The Labute approximate surface area is 200 Å². The molecule has 182 valence electrons. The van der Waals surface area contributed by atoms with Crippen LogP contribution in [-0.2, 0) is 27.3 Å². The second kappa shape index (κ2) is 11.4. The molecule has 2 aliphatic rings. The van der Waals surface area contributed by atoms with E-state index < -0.39 is 0 Å². The Hall–Kier alpha value is -3.10. The molecule has 2 heterocycles. The molecule has 34 heavy (non-hydrogen) atoms. The highest BCUT2D eigenvalue weighted by Gasteiger charge is 2.34. The van der Waals surface area contributed by atoms with Crippen LogP contribution in [0.2, 0.25) is 0 Å². The quantitative estimate of drug-likeness (QED) is 0.611. The topological polar surface area (TPSA) is 80.3 Å². The molecule has 2 saturated heterocycles. The van der Waals surface area contributed by atoms with Crippen LogP contribution in [0.25, 0.3) is 0 Å². The summed E-state index contributed by atoms with van der Waals surface area (Å²) in [5.41, 5.74) is 3.01. The van der Waals surface area contributed by atoms with Crippen LogP contribution in [0, 0.1) is 5.92 Å². The number of hydrogen-bond acceptors (Lipinski definition) is 6. The Bertz CT molecular complexity index is 988. The van der Waals surface area contributed by atoms with Crippen LogP contribution in [0.15, 0.2) is 42.5 Å². The molecule has 2 fully saturated rings. The summed E-state index contributed by atoms with van der Waals surface area (Å²) in [6, 6.07) is 13.7. The number of methoxy groups -OCH3 is 2. The molecule has 8 nitrogen and oxygen atoms in total. The fourth-order valence-corrected chi connectivity index (χ4v) is 4.42. The molecule has 4 rings (SSSR count). The number of morpholine rings is 1. The molecule has 0 radical (unpaired) electrons. The summed E-state index contributed by atoms with van der Waals surface area (Å²) in [4.78, 5) is 29.4. The number of ether oxygens (including phenoxy) is 3. The van der Waals surface area contributed by atoms with E-state index >= 15 is 0 Å². The standard InChI is InChI=1S/C26H33N3O5/c1-32-23-8-5-19(15-24(23)33-2)9-10-29-18-21(16-25(29)30)26(31)27-22-6-3-20(4-7-22)17-28-11-13-34-14-12-28/h3-8,15,21H,9-14,16-18H2,1-2H3,(H,27,31). The van der Waals surface area contributed by atoms with Crippen LogP contribution in [0.4, 0.5) is 5.69 Å². The lowest BCUT2D eigenvalue weighted by molar-refractivity contribution is -0.128. The van der Waals surface area contributed by atoms with Crippen molar-refractivity contribution in [3.05, 3.63) is 53.6 Å². The zero-order valence-corrected chi connectivity index (χ0v) is 19.9. The first-order valence-corrected chi connectivity index (χ1v) is 11.7. The highest BCUT2D eigenvalue weighted by Crippen LogP contribution is 2.28. The van der Waals surface area contributed by atoms with E-state index in [2.05, 4.69) is 10.2 Å². The van der Waals surface area contributed by atoms with Crippen LogP contribution >= 0.6 is 0 Å². The summed E-state index contributed by atoms with van der Waals surface area (Å²) < 4.78 is 16.0. The fourth-order valence-electron chi connectivity index (χ4n) is 4.42. The summed E-state index contributed by atoms with van der Waals surface area (Å²) in [5.74, 6) is 0.908. The number of carbonyl (C=O) groups excluding carboxylic acids is 2. The smallest absolute Gasteiger partial charge is 0.229 e. The third-order valence-electron chi connectivity index (χ3n) is 6.43. The predicted molar refractivity (Wildman–Crippen MR) is 129 cm³/mol. The number of benzene rings is 2. The molecule has 8 heteroatoms. The van der Waals surface area contributed by atoms with Crippen LogP contribution in [-0.4, -0.2) is 75.2 Å². The van der Waals surface area contributed by atoms with Crippen molar-refractivity contribution in [3.63, 3.8) is 0 Å². The van der Waals surface area contributed by atoms with Gasteiger partial charge in [-0.15, -0.1) is 0 Å².